The van der Waals surface area contributed by atoms with Gasteiger partial charge in [-0.05, 0) is 30.9 Å². The highest BCUT2D eigenvalue weighted by Crippen LogP contribution is 2.23. The average molecular weight is 300 g/mol. The van der Waals surface area contributed by atoms with Gasteiger partial charge in [-0.25, -0.2) is 0 Å². The van der Waals surface area contributed by atoms with Crippen molar-refractivity contribution >= 4 is 0 Å². The van der Waals surface area contributed by atoms with Crippen molar-refractivity contribution in [2.75, 3.05) is 13.1 Å². The Kier molecular flexibility index (Phi) is 4.85. The van der Waals surface area contributed by atoms with E-state index in [0.29, 0.717) is 31.4 Å². The standard InChI is InChI=1S/C17H24N4O/c1-13-7-8-21(15(9-13)11-18)12-17-19-16(20-22-17)10-14-5-3-2-4-6-14/h2-6,13,15H,7-12,18H2,1H3. The Hall–Kier alpha value is -1.72. The fourth-order valence-corrected chi connectivity index (χ4v) is 3.13. The molecule has 1 aromatic heterocycles. The number of likely N-dealkylation sites (tertiary alicyclic amines) is 1. The van der Waals surface area contributed by atoms with Crippen molar-refractivity contribution in [3.05, 3.63) is 47.6 Å². The Morgan fingerprint density at radius 1 is 1.32 bits per heavy atom. The summed E-state index contributed by atoms with van der Waals surface area (Å²) >= 11 is 0. The molecule has 0 aliphatic carbocycles. The van der Waals surface area contributed by atoms with Crippen molar-refractivity contribution in [1.82, 2.24) is 15.0 Å². The number of nitrogens with two attached hydrogens (primary N) is 1. The first kappa shape index (κ1) is 15.2. The van der Waals surface area contributed by atoms with Gasteiger partial charge in [0, 0.05) is 19.0 Å². The second-order valence-corrected chi connectivity index (χ2v) is 6.26. The summed E-state index contributed by atoms with van der Waals surface area (Å²) in [4.78, 5) is 6.90. The lowest BCUT2D eigenvalue weighted by molar-refractivity contribution is 0.102. The summed E-state index contributed by atoms with van der Waals surface area (Å²) in [5.41, 5.74) is 7.10. The van der Waals surface area contributed by atoms with E-state index in [1.165, 1.54) is 12.0 Å². The van der Waals surface area contributed by atoms with Crippen LogP contribution >= 0.6 is 0 Å². The number of piperidine rings is 1. The molecule has 2 unspecified atom stereocenters. The van der Waals surface area contributed by atoms with Gasteiger partial charge in [-0.3, -0.25) is 4.90 Å². The molecule has 5 nitrogen and oxygen atoms in total. The Morgan fingerprint density at radius 3 is 2.91 bits per heavy atom. The van der Waals surface area contributed by atoms with Crippen molar-refractivity contribution in [1.29, 1.82) is 0 Å². The molecule has 1 aliphatic rings. The molecule has 2 N–H and O–H groups in total. The highest BCUT2D eigenvalue weighted by Gasteiger charge is 2.26. The molecule has 22 heavy (non-hydrogen) atoms. The Labute approximate surface area is 131 Å². The van der Waals surface area contributed by atoms with E-state index in [0.717, 1.165) is 24.7 Å². The molecule has 1 aliphatic heterocycles. The second-order valence-electron chi connectivity index (χ2n) is 6.26. The Bertz CT molecular complexity index is 583. The van der Waals surface area contributed by atoms with Crippen LogP contribution in [-0.4, -0.2) is 34.2 Å². The van der Waals surface area contributed by atoms with Gasteiger partial charge >= 0.3 is 0 Å². The second kappa shape index (κ2) is 7.03. The quantitative estimate of drug-likeness (QED) is 0.917. The van der Waals surface area contributed by atoms with E-state index in [9.17, 15) is 0 Å². The zero-order chi connectivity index (χ0) is 15.4. The van der Waals surface area contributed by atoms with E-state index in [1.54, 1.807) is 0 Å². The van der Waals surface area contributed by atoms with Crippen molar-refractivity contribution < 1.29 is 4.52 Å². The topological polar surface area (TPSA) is 68.2 Å². The zero-order valence-corrected chi connectivity index (χ0v) is 13.1. The number of aromatic nitrogens is 2. The minimum absolute atomic E-state index is 0.424. The molecule has 0 saturated carbocycles. The van der Waals surface area contributed by atoms with Crippen molar-refractivity contribution in [2.24, 2.45) is 11.7 Å². The maximum absolute atomic E-state index is 5.91. The van der Waals surface area contributed by atoms with Crippen molar-refractivity contribution in [3.8, 4) is 0 Å². The van der Waals surface area contributed by atoms with Crippen LogP contribution in [0, 0.1) is 5.92 Å². The molecule has 1 saturated heterocycles. The third-order valence-electron chi connectivity index (χ3n) is 4.43. The molecular formula is C17H24N4O. The third kappa shape index (κ3) is 3.72. The molecule has 118 valence electrons. The van der Waals surface area contributed by atoms with Crippen LogP contribution in [0.5, 0.6) is 0 Å². The normalized spacial score (nSPS) is 22.8. The van der Waals surface area contributed by atoms with Gasteiger partial charge < -0.3 is 10.3 Å². The van der Waals surface area contributed by atoms with Crippen molar-refractivity contribution in [2.45, 2.75) is 38.8 Å². The molecule has 1 aromatic carbocycles. The van der Waals surface area contributed by atoms with E-state index >= 15 is 0 Å². The molecule has 0 amide bonds. The van der Waals surface area contributed by atoms with Gasteiger partial charge in [0.1, 0.15) is 0 Å². The lowest BCUT2D eigenvalue weighted by atomic mass is 9.92. The summed E-state index contributed by atoms with van der Waals surface area (Å²) in [7, 11) is 0. The van der Waals surface area contributed by atoms with Gasteiger partial charge in [0.15, 0.2) is 5.82 Å². The number of hydrogen-bond acceptors (Lipinski definition) is 5. The van der Waals surface area contributed by atoms with E-state index in [1.807, 2.05) is 18.2 Å². The predicted molar refractivity (Wildman–Crippen MR) is 85.2 cm³/mol. The van der Waals surface area contributed by atoms with Crippen molar-refractivity contribution in [3.63, 3.8) is 0 Å². The first-order valence-corrected chi connectivity index (χ1v) is 8.04. The molecule has 1 fully saturated rings. The minimum Gasteiger partial charge on any atom is -0.338 e. The number of rotatable bonds is 5. The number of hydrogen-bond donors (Lipinski definition) is 1. The zero-order valence-electron chi connectivity index (χ0n) is 13.1. The molecule has 3 rings (SSSR count). The lowest BCUT2D eigenvalue weighted by Crippen LogP contribution is -2.45. The predicted octanol–water partition coefficient (Wildman–Crippen LogP) is 2.22. The van der Waals surface area contributed by atoms with Crippen LogP contribution in [0.25, 0.3) is 0 Å². The van der Waals surface area contributed by atoms with Crippen LogP contribution in [0.3, 0.4) is 0 Å². The fraction of sp³-hybridized carbons (Fsp3) is 0.529. The fourth-order valence-electron chi connectivity index (χ4n) is 3.13. The molecule has 2 atom stereocenters. The Balaban J connectivity index is 1.61. The number of nitrogens with zero attached hydrogens (tertiary/aromatic N) is 3. The number of benzene rings is 1. The average Bonchev–Trinajstić information content (AvgIpc) is 2.97. The monoisotopic (exact) mass is 300 g/mol. The summed E-state index contributed by atoms with van der Waals surface area (Å²) in [6.07, 6.45) is 3.07. The van der Waals surface area contributed by atoms with Crippen LogP contribution in [0.2, 0.25) is 0 Å². The molecule has 2 aromatic rings. The molecule has 0 radical (unpaired) electrons. The van der Waals surface area contributed by atoms with Gasteiger partial charge in [-0.2, -0.15) is 4.98 Å². The summed E-state index contributed by atoms with van der Waals surface area (Å²) in [5.74, 6) is 2.19. The van der Waals surface area contributed by atoms with Gasteiger partial charge in [0.05, 0.1) is 6.54 Å². The smallest absolute Gasteiger partial charge is 0.240 e. The molecular weight excluding hydrogens is 276 g/mol. The van der Waals surface area contributed by atoms with E-state index < -0.39 is 0 Å². The largest absolute Gasteiger partial charge is 0.338 e. The summed E-state index contributed by atoms with van der Waals surface area (Å²) in [6, 6.07) is 10.6. The highest BCUT2D eigenvalue weighted by atomic mass is 16.5. The lowest BCUT2D eigenvalue weighted by Gasteiger charge is -2.36. The van der Waals surface area contributed by atoms with Crippen LogP contribution in [-0.2, 0) is 13.0 Å². The minimum atomic E-state index is 0.424. The van der Waals surface area contributed by atoms with E-state index in [4.69, 9.17) is 10.3 Å². The molecule has 0 bridgehead atoms. The first-order valence-electron chi connectivity index (χ1n) is 8.04. The van der Waals surface area contributed by atoms with Gasteiger partial charge in [-0.1, -0.05) is 42.4 Å². The third-order valence-corrected chi connectivity index (χ3v) is 4.43. The van der Waals surface area contributed by atoms with Gasteiger partial charge in [-0.15, -0.1) is 0 Å². The first-order chi connectivity index (χ1) is 10.7. The van der Waals surface area contributed by atoms with Crippen LogP contribution in [0.15, 0.2) is 34.9 Å². The van der Waals surface area contributed by atoms with Gasteiger partial charge in [0.25, 0.3) is 0 Å². The van der Waals surface area contributed by atoms with Crippen LogP contribution < -0.4 is 5.73 Å². The highest BCUT2D eigenvalue weighted by molar-refractivity contribution is 5.18. The van der Waals surface area contributed by atoms with Crippen LogP contribution in [0.4, 0.5) is 0 Å². The molecule has 5 heteroatoms. The maximum atomic E-state index is 5.91. The van der Waals surface area contributed by atoms with Gasteiger partial charge in [0.2, 0.25) is 5.89 Å². The maximum Gasteiger partial charge on any atom is 0.240 e. The van der Waals surface area contributed by atoms with E-state index in [2.05, 4.69) is 34.1 Å². The summed E-state index contributed by atoms with van der Waals surface area (Å²) in [5, 5.41) is 4.10. The summed E-state index contributed by atoms with van der Waals surface area (Å²) < 4.78 is 5.42. The molecule has 0 spiro atoms. The van der Waals surface area contributed by atoms with E-state index in [-0.39, 0.29) is 0 Å². The molecule has 2 heterocycles. The SMILES string of the molecule is CC1CCN(Cc2nc(Cc3ccccc3)no2)C(CN)C1. The summed E-state index contributed by atoms with van der Waals surface area (Å²) in [6.45, 7) is 4.75. The Morgan fingerprint density at radius 2 is 2.14 bits per heavy atom. The van der Waals surface area contributed by atoms with Crippen LogP contribution in [0.1, 0.15) is 37.0 Å².